The zero-order valence-corrected chi connectivity index (χ0v) is 16.7. The van der Waals surface area contributed by atoms with Crippen LogP contribution in [0.25, 0.3) is 0 Å². The fraction of sp³-hybridized carbons (Fsp3) is 0.588. The molecule has 0 atom stereocenters. The van der Waals surface area contributed by atoms with Crippen molar-refractivity contribution in [3.8, 4) is 0 Å². The van der Waals surface area contributed by atoms with Gasteiger partial charge in [-0.3, -0.25) is 4.79 Å². The number of nitrogens with zero attached hydrogens (tertiary/aromatic N) is 1. The molecule has 0 bridgehead atoms. The summed E-state index contributed by atoms with van der Waals surface area (Å²) in [6.45, 7) is 4.07. The maximum atomic E-state index is 13.2. The minimum Gasteiger partial charge on any atom is -0.368 e. The SMILES string of the molecule is CCNS(=O)(=O)c1ccc2c(c1)N(C(=O)C1(OC)CCNCC1)CC2.Cl. The molecule has 0 unspecified atom stereocenters. The number of nitrogens with one attached hydrogen (secondary N) is 2. The van der Waals surface area contributed by atoms with Gasteiger partial charge in [-0.2, -0.15) is 0 Å². The van der Waals surface area contributed by atoms with Crippen LogP contribution in [0.3, 0.4) is 0 Å². The van der Waals surface area contributed by atoms with Gasteiger partial charge in [-0.1, -0.05) is 13.0 Å². The van der Waals surface area contributed by atoms with Crippen LogP contribution in [-0.4, -0.2) is 53.2 Å². The smallest absolute Gasteiger partial charge is 0.259 e. The number of piperidine rings is 1. The normalized spacial score (nSPS) is 18.9. The molecular weight excluding hydrogens is 378 g/mol. The molecule has 9 heteroatoms. The summed E-state index contributed by atoms with van der Waals surface area (Å²) in [5.74, 6) is -0.0757. The van der Waals surface area contributed by atoms with Crippen LogP contribution in [-0.2, 0) is 26.0 Å². The van der Waals surface area contributed by atoms with Crippen LogP contribution in [0.1, 0.15) is 25.3 Å². The lowest BCUT2D eigenvalue weighted by Gasteiger charge is -2.37. The van der Waals surface area contributed by atoms with E-state index >= 15 is 0 Å². The molecule has 1 amide bonds. The third kappa shape index (κ3) is 3.75. The van der Waals surface area contributed by atoms with Crippen molar-refractivity contribution in [2.45, 2.75) is 36.7 Å². The van der Waals surface area contributed by atoms with E-state index in [2.05, 4.69) is 10.0 Å². The number of anilines is 1. The van der Waals surface area contributed by atoms with E-state index < -0.39 is 15.6 Å². The lowest BCUT2D eigenvalue weighted by atomic mass is 9.90. The topological polar surface area (TPSA) is 87.7 Å². The molecule has 0 saturated carbocycles. The van der Waals surface area contributed by atoms with Gasteiger partial charge in [0.15, 0.2) is 0 Å². The van der Waals surface area contributed by atoms with E-state index in [0.29, 0.717) is 31.6 Å². The van der Waals surface area contributed by atoms with Crippen molar-refractivity contribution in [1.82, 2.24) is 10.0 Å². The van der Waals surface area contributed by atoms with E-state index in [-0.39, 0.29) is 23.2 Å². The Bertz CT molecular complexity index is 763. The zero-order valence-electron chi connectivity index (χ0n) is 15.1. The Balaban J connectivity index is 0.00000243. The van der Waals surface area contributed by atoms with Crippen LogP contribution in [0, 0.1) is 0 Å². The molecule has 2 heterocycles. The maximum Gasteiger partial charge on any atom is 0.259 e. The molecule has 1 aromatic rings. The lowest BCUT2D eigenvalue weighted by Crippen LogP contribution is -2.55. The molecule has 1 saturated heterocycles. The summed E-state index contributed by atoms with van der Waals surface area (Å²) in [6, 6.07) is 5.00. The van der Waals surface area contributed by atoms with Gasteiger partial charge in [-0.25, -0.2) is 13.1 Å². The van der Waals surface area contributed by atoms with Crippen molar-refractivity contribution in [3.63, 3.8) is 0 Å². The number of amides is 1. The van der Waals surface area contributed by atoms with Crippen molar-refractivity contribution in [1.29, 1.82) is 0 Å². The van der Waals surface area contributed by atoms with Gasteiger partial charge in [-0.05, 0) is 50.0 Å². The van der Waals surface area contributed by atoms with E-state index in [0.717, 1.165) is 25.1 Å². The van der Waals surface area contributed by atoms with Crippen molar-refractivity contribution < 1.29 is 17.9 Å². The number of hydrogen-bond acceptors (Lipinski definition) is 5. The highest BCUT2D eigenvalue weighted by Gasteiger charge is 2.44. The zero-order chi connectivity index (χ0) is 18.1. The predicted molar refractivity (Wildman–Crippen MR) is 102 cm³/mol. The molecule has 2 N–H and O–H groups in total. The largest absolute Gasteiger partial charge is 0.368 e. The molecule has 1 aromatic carbocycles. The van der Waals surface area contributed by atoms with Crippen molar-refractivity contribution >= 4 is 34.0 Å². The highest BCUT2D eigenvalue weighted by Crippen LogP contribution is 2.35. The molecular formula is C17H26ClN3O4S. The van der Waals surface area contributed by atoms with Crippen LogP contribution in [0.4, 0.5) is 5.69 Å². The Hall–Kier alpha value is -1.19. The summed E-state index contributed by atoms with van der Waals surface area (Å²) >= 11 is 0. The summed E-state index contributed by atoms with van der Waals surface area (Å²) in [5.41, 5.74) is 0.839. The Morgan fingerprint density at radius 3 is 2.65 bits per heavy atom. The molecule has 146 valence electrons. The van der Waals surface area contributed by atoms with Crippen molar-refractivity contribution in [2.75, 3.05) is 38.2 Å². The second-order valence-corrected chi connectivity index (χ2v) is 8.21. The number of carbonyl (C=O) groups is 1. The first-order chi connectivity index (χ1) is 11.9. The summed E-state index contributed by atoms with van der Waals surface area (Å²) in [7, 11) is -1.98. The van der Waals surface area contributed by atoms with Crippen LogP contribution < -0.4 is 14.9 Å². The standard InChI is InChI=1S/C17H25N3O4S.ClH/c1-3-19-25(22,23)14-5-4-13-6-11-20(15(13)12-14)16(21)17(24-2)7-9-18-10-8-17;/h4-5,12,18-19H,3,6-11H2,1-2H3;1H. The highest BCUT2D eigenvalue weighted by molar-refractivity contribution is 7.89. The average Bonchev–Trinajstić information content (AvgIpc) is 3.04. The third-order valence-electron chi connectivity index (χ3n) is 5.03. The molecule has 26 heavy (non-hydrogen) atoms. The number of halogens is 1. The molecule has 3 rings (SSSR count). The summed E-state index contributed by atoms with van der Waals surface area (Å²) in [4.78, 5) is 15.1. The van der Waals surface area contributed by atoms with E-state index in [1.54, 1.807) is 37.1 Å². The molecule has 0 aliphatic carbocycles. The van der Waals surface area contributed by atoms with Gasteiger partial charge in [0.25, 0.3) is 5.91 Å². The van der Waals surface area contributed by atoms with Crippen LogP contribution >= 0.6 is 12.4 Å². The fourth-order valence-corrected chi connectivity index (χ4v) is 4.65. The van der Waals surface area contributed by atoms with Crippen LogP contribution in [0.2, 0.25) is 0 Å². The second kappa shape index (κ2) is 8.22. The molecule has 2 aliphatic rings. The monoisotopic (exact) mass is 403 g/mol. The number of fused-ring (bicyclic) bond motifs is 1. The van der Waals surface area contributed by atoms with Crippen molar-refractivity contribution in [3.05, 3.63) is 23.8 Å². The molecule has 7 nitrogen and oxygen atoms in total. The highest BCUT2D eigenvalue weighted by atomic mass is 35.5. The molecule has 2 aliphatic heterocycles. The number of methoxy groups -OCH3 is 1. The lowest BCUT2D eigenvalue weighted by molar-refractivity contribution is -0.143. The Kier molecular flexibility index (Phi) is 6.68. The number of benzene rings is 1. The summed E-state index contributed by atoms with van der Waals surface area (Å²) < 4.78 is 32.7. The van der Waals surface area contributed by atoms with Crippen molar-refractivity contribution in [2.24, 2.45) is 0 Å². The van der Waals surface area contributed by atoms with E-state index in [1.165, 1.54) is 0 Å². The van der Waals surface area contributed by atoms with Gasteiger partial charge in [0, 0.05) is 25.9 Å². The van der Waals surface area contributed by atoms with E-state index in [1.807, 2.05) is 0 Å². The first kappa shape index (κ1) is 21.1. The number of hydrogen-bond donors (Lipinski definition) is 2. The van der Waals surface area contributed by atoms with Gasteiger partial charge in [0.05, 0.1) is 4.90 Å². The van der Waals surface area contributed by atoms with Gasteiger partial charge >= 0.3 is 0 Å². The Labute approximate surface area is 160 Å². The average molecular weight is 404 g/mol. The quantitative estimate of drug-likeness (QED) is 0.767. The number of rotatable bonds is 5. The minimum absolute atomic E-state index is 0. The summed E-state index contributed by atoms with van der Waals surface area (Å²) in [6.07, 6.45) is 1.95. The van der Waals surface area contributed by atoms with Gasteiger partial charge in [-0.15, -0.1) is 12.4 Å². The second-order valence-electron chi connectivity index (χ2n) is 6.45. The van der Waals surface area contributed by atoms with Crippen LogP contribution in [0.15, 0.2) is 23.1 Å². The number of sulfonamides is 1. The van der Waals surface area contributed by atoms with E-state index in [9.17, 15) is 13.2 Å². The van der Waals surface area contributed by atoms with Gasteiger partial charge in [0.1, 0.15) is 5.60 Å². The molecule has 0 spiro atoms. The number of carbonyl (C=O) groups excluding carboxylic acids is 1. The minimum atomic E-state index is -3.56. The molecule has 0 radical (unpaired) electrons. The molecule has 1 fully saturated rings. The Morgan fingerprint density at radius 2 is 2.04 bits per heavy atom. The van der Waals surface area contributed by atoms with E-state index in [4.69, 9.17) is 4.74 Å². The fourth-order valence-electron chi connectivity index (χ4n) is 3.59. The predicted octanol–water partition coefficient (Wildman–Crippen LogP) is 1.06. The summed E-state index contributed by atoms with van der Waals surface area (Å²) in [5, 5.41) is 3.24. The third-order valence-corrected chi connectivity index (χ3v) is 6.58. The van der Waals surface area contributed by atoms with Gasteiger partial charge in [0.2, 0.25) is 10.0 Å². The first-order valence-corrected chi connectivity index (χ1v) is 10.1. The first-order valence-electron chi connectivity index (χ1n) is 8.64. The molecule has 0 aromatic heterocycles. The Morgan fingerprint density at radius 1 is 1.35 bits per heavy atom. The van der Waals surface area contributed by atoms with Gasteiger partial charge < -0.3 is 15.0 Å². The van der Waals surface area contributed by atoms with Crippen LogP contribution in [0.5, 0.6) is 0 Å². The maximum absolute atomic E-state index is 13.2. The number of ether oxygens (including phenoxy) is 1.